The van der Waals surface area contributed by atoms with E-state index in [9.17, 15) is 0 Å². The molecule has 0 aromatic rings. The van der Waals surface area contributed by atoms with Gasteiger partial charge in [0.15, 0.2) is 0 Å². The van der Waals surface area contributed by atoms with Crippen molar-refractivity contribution in [2.24, 2.45) is 0 Å². The summed E-state index contributed by atoms with van der Waals surface area (Å²) in [7, 11) is 6.33. The van der Waals surface area contributed by atoms with Crippen molar-refractivity contribution in [1.82, 2.24) is 9.80 Å². The predicted molar refractivity (Wildman–Crippen MR) is 62.2 cm³/mol. The van der Waals surface area contributed by atoms with Crippen molar-refractivity contribution in [3.05, 3.63) is 0 Å². The molecule has 0 amide bonds. The molecule has 0 aliphatic heterocycles. The molecule has 4 heteroatoms. The van der Waals surface area contributed by atoms with Crippen molar-refractivity contribution in [3.8, 4) is 0 Å². The highest BCUT2D eigenvalue weighted by Gasteiger charge is 1.98. The van der Waals surface area contributed by atoms with Crippen LogP contribution in [0.3, 0.4) is 0 Å². The number of nitrogens with zero attached hydrogens (tertiary/aromatic N) is 2. The highest BCUT2D eigenvalue weighted by atomic mass is 35.5. The quantitative estimate of drug-likeness (QED) is 0.430. The molecule has 0 rings (SSSR count). The molecule has 0 aromatic carbocycles. The molecule has 0 N–H and O–H groups in total. The number of rotatable bonds is 9. The summed E-state index contributed by atoms with van der Waals surface area (Å²) in [4.78, 5) is 4.50. The summed E-state index contributed by atoms with van der Waals surface area (Å²) in [5.74, 6) is 0.588. The molecular weight excluding hydrogens is 200 g/mol. The van der Waals surface area contributed by atoms with Crippen LogP contribution >= 0.6 is 11.6 Å². The van der Waals surface area contributed by atoms with Gasteiger partial charge in [-0.15, -0.1) is 11.6 Å². The topological polar surface area (TPSA) is 15.7 Å². The van der Waals surface area contributed by atoms with Gasteiger partial charge in [-0.2, -0.15) is 0 Å². The first-order valence-electron chi connectivity index (χ1n) is 5.13. The second-order valence-electron chi connectivity index (χ2n) is 3.76. The Morgan fingerprint density at radius 2 is 1.71 bits per heavy atom. The van der Waals surface area contributed by atoms with E-state index in [4.69, 9.17) is 16.3 Å². The molecule has 0 atom stereocenters. The Morgan fingerprint density at radius 1 is 1.00 bits per heavy atom. The van der Waals surface area contributed by atoms with Gasteiger partial charge in [0.05, 0.1) is 13.2 Å². The van der Waals surface area contributed by atoms with Crippen LogP contribution in [0.25, 0.3) is 0 Å². The van der Waals surface area contributed by atoms with Gasteiger partial charge in [-0.1, -0.05) is 0 Å². The Labute approximate surface area is 93.0 Å². The fourth-order valence-electron chi connectivity index (χ4n) is 1.15. The molecule has 0 heterocycles. The lowest BCUT2D eigenvalue weighted by atomic mass is 10.4. The zero-order chi connectivity index (χ0) is 10.8. The Hall–Kier alpha value is 0.170. The molecule has 0 spiro atoms. The summed E-state index contributed by atoms with van der Waals surface area (Å²) in [5.41, 5.74) is 0. The zero-order valence-corrected chi connectivity index (χ0v) is 10.4. The van der Waals surface area contributed by atoms with Gasteiger partial charge in [-0.05, 0) is 40.7 Å². The van der Waals surface area contributed by atoms with Crippen LogP contribution in [0, 0.1) is 0 Å². The van der Waals surface area contributed by atoms with Crippen molar-refractivity contribution >= 4 is 11.6 Å². The minimum Gasteiger partial charge on any atom is -0.379 e. The molecule has 0 bridgehead atoms. The van der Waals surface area contributed by atoms with Crippen molar-refractivity contribution in [3.63, 3.8) is 0 Å². The normalized spacial score (nSPS) is 11.6. The van der Waals surface area contributed by atoms with Crippen molar-refractivity contribution in [2.75, 3.05) is 59.9 Å². The number of hydrogen-bond acceptors (Lipinski definition) is 3. The van der Waals surface area contributed by atoms with E-state index >= 15 is 0 Å². The first-order valence-corrected chi connectivity index (χ1v) is 5.67. The Bertz CT molecular complexity index is 123. The number of likely N-dealkylation sites (N-methyl/N-ethyl adjacent to an activating group) is 1. The van der Waals surface area contributed by atoms with Crippen LogP contribution in [0.5, 0.6) is 0 Å². The van der Waals surface area contributed by atoms with E-state index in [-0.39, 0.29) is 0 Å². The summed E-state index contributed by atoms with van der Waals surface area (Å²) in [6.45, 7) is 4.71. The van der Waals surface area contributed by atoms with Gasteiger partial charge in [-0.25, -0.2) is 0 Å². The fraction of sp³-hybridized carbons (Fsp3) is 1.00. The van der Waals surface area contributed by atoms with E-state index in [1.54, 1.807) is 0 Å². The molecule has 0 aliphatic rings. The van der Waals surface area contributed by atoms with Crippen molar-refractivity contribution < 1.29 is 4.74 Å². The third-order valence-electron chi connectivity index (χ3n) is 1.98. The average Bonchev–Trinajstić information content (AvgIpc) is 2.12. The third-order valence-corrected chi connectivity index (χ3v) is 2.14. The summed E-state index contributed by atoms with van der Waals surface area (Å²) in [6.07, 6.45) is 1.21. The van der Waals surface area contributed by atoms with Gasteiger partial charge in [-0.3, -0.25) is 0 Å². The molecule has 86 valence electrons. The van der Waals surface area contributed by atoms with Crippen molar-refractivity contribution in [2.45, 2.75) is 6.42 Å². The minimum atomic E-state index is 0.588. The lowest BCUT2D eigenvalue weighted by Gasteiger charge is -2.17. The van der Waals surface area contributed by atoms with Crippen molar-refractivity contribution in [1.29, 1.82) is 0 Å². The van der Waals surface area contributed by atoms with Gasteiger partial charge in [0.25, 0.3) is 0 Å². The zero-order valence-electron chi connectivity index (χ0n) is 9.63. The highest BCUT2D eigenvalue weighted by molar-refractivity contribution is 6.17. The Balaban J connectivity index is 3.15. The molecule has 0 unspecified atom stereocenters. The molecule has 0 saturated carbocycles. The molecule has 0 saturated heterocycles. The molecule has 0 fully saturated rings. The maximum atomic E-state index is 5.49. The Kier molecular flexibility index (Phi) is 9.83. The summed E-state index contributed by atoms with van der Waals surface area (Å²) >= 11 is 5.49. The van der Waals surface area contributed by atoms with Gasteiger partial charge < -0.3 is 14.5 Å². The third kappa shape index (κ3) is 10.3. The van der Waals surface area contributed by atoms with Crippen LogP contribution in [0.4, 0.5) is 0 Å². The first-order chi connectivity index (χ1) is 6.66. The summed E-state index contributed by atoms with van der Waals surface area (Å²) < 4.78 is 5.30. The van der Waals surface area contributed by atoms with E-state index in [2.05, 4.69) is 30.9 Å². The maximum Gasteiger partial charge on any atom is 0.0602 e. The number of ether oxygens (including phenoxy) is 1. The average molecular weight is 223 g/mol. The standard InChI is InChI=1S/C10H23ClN2O/c1-12(2)6-4-7-13(3)8-10-14-9-5-11/h4-10H2,1-3H3. The van der Waals surface area contributed by atoms with E-state index in [0.717, 1.165) is 26.2 Å². The maximum absolute atomic E-state index is 5.49. The number of hydrogen-bond donors (Lipinski definition) is 0. The van der Waals surface area contributed by atoms with Crippen LogP contribution in [-0.4, -0.2) is 69.7 Å². The van der Waals surface area contributed by atoms with Crippen LogP contribution in [-0.2, 0) is 4.74 Å². The SMILES string of the molecule is CN(C)CCCN(C)CCOCCCl. The molecule has 14 heavy (non-hydrogen) atoms. The fourth-order valence-corrected chi connectivity index (χ4v) is 1.25. The number of halogens is 1. The van der Waals surface area contributed by atoms with Gasteiger partial charge >= 0.3 is 0 Å². The van der Waals surface area contributed by atoms with E-state index in [1.807, 2.05) is 0 Å². The smallest absolute Gasteiger partial charge is 0.0602 e. The molecular formula is C10H23ClN2O. The van der Waals surface area contributed by atoms with Crippen LogP contribution in [0.1, 0.15) is 6.42 Å². The van der Waals surface area contributed by atoms with Crippen LogP contribution < -0.4 is 0 Å². The van der Waals surface area contributed by atoms with E-state index < -0.39 is 0 Å². The number of alkyl halides is 1. The van der Waals surface area contributed by atoms with Crippen LogP contribution in [0.15, 0.2) is 0 Å². The van der Waals surface area contributed by atoms with Crippen LogP contribution in [0.2, 0.25) is 0 Å². The second-order valence-corrected chi connectivity index (χ2v) is 4.14. The van der Waals surface area contributed by atoms with Gasteiger partial charge in [0.1, 0.15) is 0 Å². The summed E-state index contributed by atoms with van der Waals surface area (Å²) in [5, 5.41) is 0. The largest absolute Gasteiger partial charge is 0.379 e. The molecule has 3 nitrogen and oxygen atoms in total. The minimum absolute atomic E-state index is 0.588. The first kappa shape index (κ1) is 14.2. The molecule has 0 aromatic heterocycles. The van der Waals surface area contributed by atoms with Gasteiger partial charge in [0.2, 0.25) is 0 Å². The summed E-state index contributed by atoms with van der Waals surface area (Å²) in [6, 6.07) is 0. The Morgan fingerprint density at radius 3 is 2.29 bits per heavy atom. The molecule has 0 aliphatic carbocycles. The lowest BCUT2D eigenvalue weighted by molar-refractivity contribution is 0.122. The lowest BCUT2D eigenvalue weighted by Crippen LogP contribution is -2.27. The van der Waals surface area contributed by atoms with E-state index in [0.29, 0.717) is 12.5 Å². The predicted octanol–water partition coefficient (Wildman–Crippen LogP) is 1.13. The second kappa shape index (κ2) is 9.71. The molecule has 0 radical (unpaired) electrons. The van der Waals surface area contributed by atoms with E-state index in [1.165, 1.54) is 6.42 Å². The highest BCUT2D eigenvalue weighted by Crippen LogP contribution is 1.90. The monoisotopic (exact) mass is 222 g/mol. The van der Waals surface area contributed by atoms with Gasteiger partial charge in [0, 0.05) is 12.4 Å².